The molecule has 1 aromatic heterocycles. The maximum Gasteiger partial charge on any atom is 0.241 e. The van der Waals surface area contributed by atoms with Crippen molar-refractivity contribution in [3.05, 3.63) is 112 Å². The number of rotatable bonds is 1. The second-order valence-corrected chi connectivity index (χ2v) is 9.70. The number of fused-ring (bicyclic) bond motifs is 8. The van der Waals surface area contributed by atoms with Crippen LogP contribution in [-0.4, -0.2) is 0 Å². The van der Waals surface area contributed by atoms with E-state index in [0.29, 0.717) is 0 Å². The molecule has 0 spiro atoms. The minimum atomic E-state index is 1.22. The highest BCUT2D eigenvalue weighted by Crippen LogP contribution is 2.49. The van der Waals surface area contributed by atoms with Crippen molar-refractivity contribution in [2.24, 2.45) is 7.05 Å². The first-order chi connectivity index (χ1) is 16.1. The predicted molar refractivity (Wildman–Crippen MR) is 146 cm³/mol. The zero-order valence-corrected chi connectivity index (χ0v) is 20.8. The summed E-state index contributed by atoms with van der Waals surface area (Å²) in [6, 6.07) is 37.6. The van der Waals surface area contributed by atoms with E-state index in [-0.39, 0.29) is 0 Å². The van der Waals surface area contributed by atoms with Gasteiger partial charge >= 0.3 is 0 Å². The van der Waals surface area contributed by atoms with Crippen molar-refractivity contribution in [1.29, 1.82) is 0 Å². The van der Waals surface area contributed by atoms with E-state index in [4.69, 9.17) is 0 Å². The van der Waals surface area contributed by atoms with Crippen LogP contribution in [-0.2, 0) is 7.05 Å². The minimum absolute atomic E-state index is 1.22. The average molecular weight is 536 g/mol. The van der Waals surface area contributed by atoms with E-state index in [1.54, 1.807) is 0 Å². The summed E-state index contributed by atoms with van der Waals surface area (Å²) in [4.78, 5) is 0. The van der Waals surface area contributed by atoms with E-state index in [2.05, 4.69) is 144 Å². The maximum absolute atomic E-state index is 2.41. The molecular weight excluding hydrogens is 513 g/mol. The lowest BCUT2D eigenvalue weighted by molar-refractivity contribution is -0.673. The highest BCUT2D eigenvalue weighted by Gasteiger charge is 2.25. The van der Waals surface area contributed by atoms with Gasteiger partial charge in [-0.2, -0.15) is 4.57 Å². The van der Waals surface area contributed by atoms with Gasteiger partial charge in [-0.1, -0.05) is 78.9 Å². The minimum Gasteiger partial charge on any atom is -0.190 e. The Hall–Kier alpha value is -3.24. The third kappa shape index (κ3) is 3.16. The monoisotopic (exact) mass is 536 g/mol. The van der Waals surface area contributed by atoms with Crippen molar-refractivity contribution >= 4 is 22.6 Å². The molecule has 2 heteroatoms. The number of aromatic nitrogens is 1. The summed E-state index contributed by atoms with van der Waals surface area (Å²) in [6.45, 7) is 2.28. The van der Waals surface area contributed by atoms with Crippen LogP contribution in [0.2, 0.25) is 0 Å². The Morgan fingerprint density at radius 1 is 0.485 bits per heavy atom. The summed E-state index contributed by atoms with van der Waals surface area (Å²) in [5.41, 5.74) is 14.2. The summed E-state index contributed by atoms with van der Waals surface area (Å²) < 4.78 is 3.49. The number of benzene rings is 4. The van der Waals surface area contributed by atoms with Gasteiger partial charge in [-0.3, -0.25) is 0 Å². The fourth-order valence-electron chi connectivity index (χ4n) is 5.23. The van der Waals surface area contributed by atoms with Crippen molar-refractivity contribution in [3.8, 4) is 55.8 Å². The van der Waals surface area contributed by atoms with Crippen LogP contribution in [0.25, 0.3) is 55.8 Å². The summed E-state index contributed by atoms with van der Waals surface area (Å²) in [7, 11) is 2.15. The molecule has 0 bridgehead atoms. The lowest BCUT2D eigenvalue weighted by Gasteiger charge is -2.25. The van der Waals surface area contributed by atoms with E-state index >= 15 is 0 Å². The molecule has 33 heavy (non-hydrogen) atoms. The molecule has 0 fully saturated rings. The van der Waals surface area contributed by atoms with E-state index < -0.39 is 0 Å². The highest BCUT2D eigenvalue weighted by molar-refractivity contribution is 14.1. The Balaban J connectivity index is 1.77. The van der Waals surface area contributed by atoms with Gasteiger partial charge in [0.15, 0.2) is 0 Å². The molecule has 0 radical (unpaired) electrons. The topological polar surface area (TPSA) is 3.88 Å². The molecule has 5 aromatic rings. The lowest BCUT2D eigenvalue weighted by atomic mass is 9.78. The number of pyridine rings is 1. The standard InChI is InChI=1S/C31H23IN/c1-20-21(29-16-9-17-30(32)33(29)2)18-19-28-26-14-6-5-12-24(26)22-10-3-4-11-23(22)25-13-7-8-15-27(25)31(20)28/h3-19H,1-2H3/q+1. The fraction of sp³-hybridized carbons (Fsp3) is 0.0645. The van der Waals surface area contributed by atoms with Gasteiger partial charge in [0.05, 0.1) is 0 Å². The second-order valence-electron chi connectivity index (χ2n) is 8.59. The average Bonchev–Trinajstić information content (AvgIpc) is 2.85. The van der Waals surface area contributed by atoms with Crippen LogP contribution in [0.3, 0.4) is 0 Å². The van der Waals surface area contributed by atoms with Gasteiger partial charge in [-0.05, 0) is 69.1 Å². The first-order valence-corrected chi connectivity index (χ1v) is 12.3. The van der Waals surface area contributed by atoms with Crippen LogP contribution in [0.4, 0.5) is 0 Å². The van der Waals surface area contributed by atoms with Crippen LogP contribution in [0.1, 0.15) is 5.56 Å². The molecule has 4 aromatic carbocycles. The molecule has 1 heterocycles. The molecule has 0 amide bonds. The zero-order chi connectivity index (χ0) is 22.5. The Bertz CT molecular complexity index is 1540. The lowest BCUT2D eigenvalue weighted by Crippen LogP contribution is -2.35. The first kappa shape index (κ1) is 20.4. The quantitative estimate of drug-likeness (QED) is 0.114. The molecule has 1 aliphatic carbocycles. The summed E-state index contributed by atoms with van der Waals surface area (Å²) in [6.07, 6.45) is 0. The normalized spacial score (nSPS) is 11.5. The Kier molecular flexibility index (Phi) is 4.92. The number of hydrogen-bond donors (Lipinski definition) is 0. The number of nitrogens with zero attached hydrogens (tertiary/aromatic N) is 1. The molecule has 1 aliphatic rings. The third-order valence-electron chi connectivity index (χ3n) is 6.83. The maximum atomic E-state index is 2.41. The van der Waals surface area contributed by atoms with Crippen molar-refractivity contribution < 1.29 is 4.57 Å². The van der Waals surface area contributed by atoms with Crippen molar-refractivity contribution in [2.45, 2.75) is 6.92 Å². The smallest absolute Gasteiger partial charge is 0.190 e. The van der Waals surface area contributed by atoms with Crippen LogP contribution in [0.15, 0.2) is 103 Å². The van der Waals surface area contributed by atoms with E-state index in [1.807, 2.05) is 0 Å². The Morgan fingerprint density at radius 3 is 1.52 bits per heavy atom. The molecule has 6 rings (SSSR count). The van der Waals surface area contributed by atoms with E-state index in [1.165, 1.54) is 65.0 Å². The van der Waals surface area contributed by atoms with Crippen LogP contribution >= 0.6 is 22.6 Å². The SMILES string of the molecule is Cc1c(-c2cccc(I)[n+]2C)ccc2c1-c1ccccc1-c1ccccc1-c1ccccc1-2. The summed E-state index contributed by atoms with van der Waals surface area (Å²) in [5.74, 6) is 0. The van der Waals surface area contributed by atoms with Gasteiger partial charge in [0.1, 0.15) is 7.05 Å². The van der Waals surface area contributed by atoms with Gasteiger partial charge in [0.2, 0.25) is 9.39 Å². The molecule has 0 aliphatic heterocycles. The molecule has 1 nitrogen and oxygen atoms in total. The van der Waals surface area contributed by atoms with Crippen LogP contribution in [0, 0.1) is 10.6 Å². The molecular formula is C31H23IN+. The van der Waals surface area contributed by atoms with Crippen molar-refractivity contribution in [2.75, 3.05) is 0 Å². The predicted octanol–water partition coefficient (Wildman–Crippen LogP) is 8.07. The largest absolute Gasteiger partial charge is 0.241 e. The zero-order valence-electron chi connectivity index (χ0n) is 18.6. The second kappa shape index (κ2) is 7.96. The summed E-state index contributed by atoms with van der Waals surface area (Å²) in [5, 5.41) is 0. The molecule has 0 unspecified atom stereocenters. The first-order valence-electron chi connectivity index (χ1n) is 11.2. The van der Waals surface area contributed by atoms with Gasteiger partial charge in [0, 0.05) is 40.3 Å². The third-order valence-corrected chi connectivity index (χ3v) is 7.91. The Labute approximate surface area is 208 Å². The van der Waals surface area contributed by atoms with Gasteiger partial charge < -0.3 is 0 Å². The summed E-state index contributed by atoms with van der Waals surface area (Å²) >= 11 is 2.41. The van der Waals surface area contributed by atoms with Crippen molar-refractivity contribution in [1.82, 2.24) is 0 Å². The number of halogens is 1. The van der Waals surface area contributed by atoms with Gasteiger partial charge in [-0.15, -0.1) is 0 Å². The van der Waals surface area contributed by atoms with Gasteiger partial charge in [0.25, 0.3) is 0 Å². The van der Waals surface area contributed by atoms with E-state index in [9.17, 15) is 0 Å². The van der Waals surface area contributed by atoms with E-state index in [0.717, 1.165) is 0 Å². The van der Waals surface area contributed by atoms with Crippen LogP contribution in [0.5, 0.6) is 0 Å². The van der Waals surface area contributed by atoms with Crippen molar-refractivity contribution in [3.63, 3.8) is 0 Å². The number of hydrogen-bond acceptors (Lipinski definition) is 0. The molecule has 158 valence electrons. The molecule has 0 saturated heterocycles. The highest BCUT2D eigenvalue weighted by atomic mass is 127. The Morgan fingerprint density at radius 2 is 0.939 bits per heavy atom. The molecule has 0 N–H and O–H groups in total. The molecule has 0 atom stereocenters. The molecule has 0 saturated carbocycles. The van der Waals surface area contributed by atoms with Gasteiger partial charge in [-0.25, -0.2) is 0 Å². The fourth-order valence-corrected chi connectivity index (χ4v) is 5.70. The van der Waals surface area contributed by atoms with Crippen LogP contribution < -0.4 is 4.57 Å².